The zero-order chi connectivity index (χ0) is 18.0. The lowest BCUT2D eigenvalue weighted by atomic mass is 10.0. The van der Waals surface area contributed by atoms with Crippen molar-refractivity contribution in [3.63, 3.8) is 0 Å². The predicted molar refractivity (Wildman–Crippen MR) is 96.7 cm³/mol. The fourth-order valence-electron chi connectivity index (χ4n) is 2.78. The molecule has 0 fully saturated rings. The number of rotatable bonds is 5. The lowest BCUT2D eigenvalue weighted by molar-refractivity contribution is -0.127. The lowest BCUT2D eigenvalue weighted by Crippen LogP contribution is -2.42. The zero-order valence-corrected chi connectivity index (χ0v) is 14.6. The number of hydrogen-bond donors (Lipinski definition) is 0. The third-order valence-corrected chi connectivity index (χ3v) is 4.84. The monoisotopic (exact) mass is 358 g/mol. The molecule has 0 saturated heterocycles. The van der Waals surface area contributed by atoms with Crippen LogP contribution in [-0.4, -0.2) is 47.4 Å². The van der Waals surface area contributed by atoms with E-state index in [4.69, 9.17) is 4.74 Å². The van der Waals surface area contributed by atoms with Crippen LogP contribution in [0.2, 0.25) is 0 Å². The highest BCUT2D eigenvalue weighted by Crippen LogP contribution is 2.33. The minimum absolute atomic E-state index is 0.0325. The Bertz CT molecular complexity index is 774. The molecule has 1 aromatic rings. The summed E-state index contributed by atoms with van der Waals surface area (Å²) in [6, 6.07) is 4.37. The number of benzene rings is 1. The Balaban J connectivity index is 1.90. The average molecular weight is 358 g/mol. The van der Waals surface area contributed by atoms with Crippen LogP contribution in [0.15, 0.2) is 42.5 Å². The van der Waals surface area contributed by atoms with Crippen LogP contribution in [0.3, 0.4) is 0 Å². The molecular formula is C18H18N2O4S. The van der Waals surface area contributed by atoms with Crippen molar-refractivity contribution in [2.75, 3.05) is 23.8 Å². The van der Waals surface area contributed by atoms with Crippen molar-refractivity contribution < 1.29 is 19.1 Å². The minimum Gasteiger partial charge on any atom is -0.482 e. The van der Waals surface area contributed by atoms with E-state index >= 15 is 0 Å². The number of carbonyl (C=O) groups excluding carboxylic acids is 3. The highest BCUT2D eigenvalue weighted by Gasteiger charge is 2.29. The van der Waals surface area contributed by atoms with E-state index in [1.165, 1.54) is 21.6 Å². The molecule has 0 N–H and O–H groups in total. The summed E-state index contributed by atoms with van der Waals surface area (Å²) in [5, 5.41) is 1.80. The van der Waals surface area contributed by atoms with E-state index in [0.29, 0.717) is 29.3 Å². The molecule has 1 aromatic carbocycles. The first-order valence-corrected chi connectivity index (χ1v) is 8.89. The molecule has 2 aliphatic heterocycles. The summed E-state index contributed by atoms with van der Waals surface area (Å²) >= 11 is 1.40. The molecule has 3 rings (SSSR count). The van der Waals surface area contributed by atoms with Gasteiger partial charge in [0.05, 0.1) is 17.5 Å². The van der Waals surface area contributed by atoms with Gasteiger partial charge in [-0.25, -0.2) is 0 Å². The maximum absolute atomic E-state index is 12.8. The molecule has 1 atom stereocenters. The van der Waals surface area contributed by atoms with Gasteiger partial charge in [-0.2, -0.15) is 0 Å². The number of ketones is 1. The number of carbonyl (C=O) groups is 3. The normalized spacial score (nSPS) is 17.8. The van der Waals surface area contributed by atoms with Crippen molar-refractivity contribution in [1.29, 1.82) is 0 Å². The summed E-state index contributed by atoms with van der Waals surface area (Å²) in [5.41, 5.74) is 0.975. The summed E-state index contributed by atoms with van der Waals surface area (Å²) in [6.45, 7) is 5.67. The van der Waals surface area contributed by atoms with Crippen LogP contribution in [0.25, 0.3) is 0 Å². The molecule has 0 saturated carbocycles. The van der Waals surface area contributed by atoms with Gasteiger partial charge in [-0.05, 0) is 30.5 Å². The van der Waals surface area contributed by atoms with Gasteiger partial charge in [-0.3, -0.25) is 14.4 Å². The van der Waals surface area contributed by atoms with Crippen LogP contribution < -0.4 is 9.64 Å². The molecule has 7 heteroatoms. The van der Waals surface area contributed by atoms with Crippen LogP contribution in [0.5, 0.6) is 5.75 Å². The van der Waals surface area contributed by atoms with E-state index in [1.807, 2.05) is 0 Å². The smallest absolute Gasteiger partial charge is 0.265 e. The number of fused-ring (bicyclic) bond motifs is 1. The Kier molecular flexibility index (Phi) is 4.94. The van der Waals surface area contributed by atoms with Gasteiger partial charge in [0.1, 0.15) is 5.75 Å². The second kappa shape index (κ2) is 7.14. The first kappa shape index (κ1) is 17.3. The molecule has 0 aliphatic carbocycles. The van der Waals surface area contributed by atoms with Gasteiger partial charge in [-0.1, -0.05) is 6.08 Å². The third-order valence-electron chi connectivity index (χ3n) is 4.11. The number of thioether (sulfide) groups is 1. The van der Waals surface area contributed by atoms with Crippen molar-refractivity contribution >= 4 is 35.0 Å². The second-order valence-corrected chi connectivity index (χ2v) is 6.60. The minimum atomic E-state index is -0.615. The molecule has 130 valence electrons. The van der Waals surface area contributed by atoms with Gasteiger partial charge in [0.15, 0.2) is 12.4 Å². The molecule has 2 aliphatic rings. The standard InChI is InChI=1S/C18H18N2O4S/c1-3-6-20-14-9-13(4-5-15(14)24-10-16(20)21)18(23)12(2)19-7-8-25-11-17(19)22/h3-5,7-9,12H,1,6,10-11H2,2H3. The highest BCUT2D eigenvalue weighted by molar-refractivity contribution is 8.02. The van der Waals surface area contributed by atoms with Crippen LogP contribution in [0.4, 0.5) is 5.69 Å². The quantitative estimate of drug-likeness (QED) is 0.596. The summed E-state index contributed by atoms with van der Waals surface area (Å²) < 4.78 is 5.43. The molecular weight excluding hydrogens is 340 g/mol. The number of ether oxygens (including phenoxy) is 1. The van der Waals surface area contributed by atoms with Crippen LogP contribution >= 0.6 is 11.8 Å². The van der Waals surface area contributed by atoms with E-state index in [0.717, 1.165) is 0 Å². The second-order valence-electron chi connectivity index (χ2n) is 5.70. The van der Waals surface area contributed by atoms with Crippen molar-refractivity contribution in [1.82, 2.24) is 4.90 Å². The van der Waals surface area contributed by atoms with Crippen LogP contribution in [0, 0.1) is 0 Å². The molecule has 0 radical (unpaired) electrons. The number of hydrogen-bond acceptors (Lipinski definition) is 5. The number of amides is 2. The molecule has 2 amide bonds. The molecule has 0 aromatic heterocycles. The highest BCUT2D eigenvalue weighted by atomic mass is 32.2. The van der Waals surface area contributed by atoms with Crippen molar-refractivity contribution in [3.8, 4) is 5.75 Å². The van der Waals surface area contributed by atoms with Crippen LogP contribution in [-0.2, 0) is 9.59 Å². The first-order valence-electron chi connectivity index (χ1n) is 7.84. The molecule has 0 bridgehead atoms. The Morgan fingerprint density at radius 3 is 2.92 bits per heavy atom. The van der Waals surface area contributed by atoms with Gasteiger partial charge in [0.2, 0.25) is 5.91 Å². The van der Waals surface area contributed by atoms with Gasteiger partial charge in [0.25, 0.3) is 5.91 Å². The summed E-state index contributed by atoms with van der Waals surface area (Å²) in [7, 11) is 0. The van der Waals surface area contributed by atoms with E-state index in [9.17, 15) is 14.4 Å². The van der Waals surface area contributed by atoms with Gasteiger partial charge in [0, 0.05) is 18.3 Å². The Morgan fingerprint density at radius 1 is 1.40 bits per heavy atom. The SMILES string of the molecule is C=CCN1C(=O)COc2ccc(C(=O)C(C)N3C=CSCC3=O)cc21. The van der Waals surface area contributed by atoms with Gasteiger partial charge >= 0.3 is 0 Å². The maximum Gasteiger partial charge on any atom is 0.265 e. The number of nitrogens with zero attached hydrogens (tertiary/aromatic N) is 2. The maximum atomic E-state index is 12.8. The van der Waals surface area contributed by atoms with Crippen molar-refractivity contribution in [3.05, 3.63) is 48.0 Å². The lowest BCUT2D eigenvalue weighted by Gasteiger charge is -2.30. The van der Waals surface area contributed by atoms with E-state index < -0.39 is 6.04 Å². The fraction of sp³-hybridized carbons (Fsp3) is 0.278. The number of Topliss-reactive ketones (excluding diaryl/α,β-unsaturated/α-hetero) is 1. The van der Waals surface area contributed by atoms with Crippen molar-refractivity contribution in [2.24, 2.45) is 0 Å². The van der Waals surface area contributed by atoms with Crippen molar-refractivity contribution in [2.45, 2.75) is 13.0 Å². The van der Waals surface area contributed by atoms with E-state index in [1.54, 1.807) is 42.8 Å². The van der Waals surface area contributed by atoms with E-state index in [2.05, 4.69) is 6.58 Å². The molecule has 1 unspecified atom stereocenters. The molecule has 25 heavy (non-hydrogen) atoms. The van der Waals surface area contributed by atoms with Crippen LogP contribution in [0.1, 0.15) is 17.3 Å². The topological polar surface area (TPSA) is 66.9 Å². The summed E-state index contributed by atoms with van der Waals surface area (Å²) in [4.78, 5) is 39.9. The Morgan fingerprint density at radius 2 is 2.20 bits per heavy atom. The Labute approximate surface area is 150 Å². The first-order chi connectivity index (χ1) is 12.0. The zero-order valence-electron chi connectivity index (χ0n) is 13.8. The number of anilines is 1. The fourth-order valence-corrected chi connectivity index (χ4v) is 3.39. The average Bonchev–Trinajstić information content (AvgIpc) is 2.63. The largest absolute Gasteiger partial charge is 0.482 e. The summed E-state index contributed by atoms with van der Waals surface area (Å²) in [6.07, 6.45) is 3.26. The predicted octanol–water partition coefficient (Wildman–Crippen LogP) is 2.22. The third kappa shape index (κ3) is 3.32. The van der Waals surface area contributed by atoms with Gasteiger partial charge < -0.3 is 14.5 Å². The molecule has 6 nitrogen and oxygen atoms in total. The van der Waals surface area contributed by atoms with E-state index in [-0.39, 0.29) is 24.2 Å². The molecule has 0 spiro atoms. The summed E-state index contributed by atoms with van der Waals surface area (Å²) in [5.74, 6) is 0.405. The van der Waals surface area contributed by atoms with Gasteiger partial charge in [-0.15, -0.1) is 18.3 Å². The Hall–Kier alpha value is -2.54. The molecule has 2 heterocycles.